The Morgan fingerprint density at radius 1 is 1.09 bits per heavy atom. The lowest BCUT2D eigenvalue weighted by atomic mass is 9.99. The Labute approximate surface area is 278 Å². The van der Waals surface area contributed by atoms with Gasteiger partial charge in [-0.3, -0.25) is 13.7 Å². The number of thiophene rings is 1. The van der Waals surface area contributed by atoms with E-state index in [2.05, 4.69) is 52.3 Å². The molecule has 46 heavy (non-hydrogen) atoms. The number of nitrogens with zero attached hydrogens (tertiary/aromatic N) is 6. The number of ether oxygens (including phenoxy) is 1. The van der Waals surface area contributed by atoms with Gasteiger partial charge in [-0.05, 0) is 48.4 Å². The van der Waals surface area contributed by atoms with Crippen molar-refractivity contribution in [2.24, 2.45) is 5.73 Å². The monoisotopic (exact) mass is 685 g/mol. The van der Waals surface area contributed by atoms with E-state index in [-0.39, 0.29) is 0 Å². The van der Waals surface area contributed by atoms with Crippen LogP contribution < -0.4 is 26.0 Å². The molecule has 13 nitrogen and oxygen atoms in total. The molecule has 246 valence electrons. The number of aryl methyl sites for hydroxylation is 1. The maximum absolute atomic E-state index is 11.9. The van der Waals surface area contributed by atoms with Crippen molar-refractivity contribution in [2.75, 3.05) is 68.2 Å². The number of benzene rings is 1. The molecule has 5 heterocycles. The van der Waals surface area contributed by atoms with Crippen molar-refractivity contribution in [1.29, 1.82) is 0 Å². The Bertz CT molecular complexity index is 1840. The smallest absolute Gasteiger partial charge is 0.260 e. The number of carbonyl (C=O) groups excluding carboxylic acids is 1. The summed E-state index contributed by atoms with van der Waals surface area (Å²) in [5, 5.41) is 9.15. The van der Waals surface area contributed by atoms with Gasteiger partial charge < -0.3 is 26.0 Å². The predicted molar refractivity (Wildman–Crippen MR) is 187 cm³/mol. The Kier molecular flexibility index (Phi) is 9.34. The van der Waals surface area contributed by atoms with Gasteiger partial charge in [0.15, 0.2) is 5.65 Å². The minimum Gasteiger partial charge on any atom is -0.494 e. The summed E-state index contributed by atoms with van der Waals surface area (Å²) in [5.74, 6) is 0.999. The number of aromatic nitrogens is 3. The number of thiol groups is 1. The van der Waals surface area contributed by atoms with Crippen molar-refractivity contribution in [2.45, 2.75) is 32.2 Å². The molecule has 0 aliphatic carbocycles. The molecule has 0 spiro atoms. The maximum Gasteiger partial charge on any atom is 0.260 e. The number of amides is 1. The first-order chi connectivity index (χ1) is 22.0. The van der Waals surface area contributed by atoms with Crippen molar-refractivity contribution in [3.05, 3.63) is 46.3 Å². The summed E-state index contributed by atoms with van der Waals surface area (Å²) in [6, 6.07) is 8.26. The lowest BCUT2D eigenvalue weighted by molar-refractivity contribution is 0.100. The standard InChI is InChI=1S/C30H39N9O4S3/c1-4-19-17-23(33-30-34-28(21-7-11-39(44)29(21)35-30)32-22-8-16-45-26(22)27(31)40)25(43-2)18-24(19)37-9-5-20(6-10-37)36-12-14-38(15-13-36)46(3,41)42/h7-8,11,16-18,20,44H,4-6,9-10,12-15H2,1-3H3,(H2,31,40)(H2,32,33,34,35). The molecule has 2 fully saturated rings. The van der Waals surface area contributed by atoms with Crippen LogP contribution in [0.3, 0.4) is 0 Å². The molecular formula is C30H39N9O4S3. The van der Waals surface area contributed by atoms with Gasteiger partial charge in [0.05, 0.1) is 30.1 Å². The number of primary amides is 1. The minimum absolute atomic E-state index is 0.338. The molecule has 1 aromatic carbocycles. The summed E-state index contributed by atoms with van der Waals surface area (Å²) in [7, 11) is -1.49. The topological polar surface area (TPSA) is 151 Å². The Balaban J connectivity index is 1.21. The molecule has 0 atom stereocenters. The number of nitrogens with one attached hydrogen (secondary N) is 2. The van der Waals surface area contributed by atoms with Gasteiger partial charge >= 0.3 is 0 Å². The van der Waals surface area contributed by atoms with Crippen LogP contribution in [0.25, 0.3) is 11.0 Å². The van der Waals surface area contributed by atoms with E-state index in [9.17, 15) is 13.2 Å². The number of hydrogen-bond donors (Lipinski definition) is 4. The average molecular weight is 686 g/mol. The van der Waals surface area contributed by atoms with Gasteiger partial charge in [0.25, 0.3) is 5.91 Å². The summed E-state index contributed by atoms with van der Waals surface area (Å²) in [6.07, 6.45) is 5.92. The fourth-order valence-corrected chi connectivity index (χ4v) is 8.08. The van der Waals surface area contributed by atoms with Crippen LogP contribution in [0.4, 0.5) is 28.8 Å². The van der Waals surface area contributed by atoms with Crippen LogP contribution in [0, 0.1) is 0 Å². The molecule has 4 aromatic rings. The highest BCUT2D eigenvalue weighted by Gasteiger charge is 2.31. The highest BCUT2D eigenvalue weighted by molar-refractivity contribution is 7.88. The third-order valence-electron chi connectivity index (χ3n) is 8.76. The van der Waals surface area contributed by atoms with Crippen LogP contribution in [0.5, 0.6) is 5.75 Å². The molecule has 0 saturated carbocycles. The van der Waals surface area contributed by atoms with Gasteiger partial charge in [-0.25, -0.2) is 8.42 Å². The highest BCUT2D eigenvalue weighted by Crippen LogP contribution is 2.38. The Morgan fingerprint density at radius 3 is 2.48 bits per heavy atom. The number of fused-ring (bicyclic) bond motifs is 1. The third kappa shape index (κ3) is 6.62. The van der Waals surface area contributed by atoms with E-state index in [0.717, 1.165) is 62.2 Å². The zero-order valence-corrected chi connectivity index (χ0v) is 28.6. The minimum atomic E-state index is -3.14. The van der Waals surface area contributed by atoms with Crippen LogP contribution >= 0.6 is 24.2 Å². The SMILES string of the molecule is CCc1cc(Nc2nc(Nc3ccsc3C(N)=O)c3ccn(S)c3n2)c(OC)cc1N1CCC(N2CCN(S(C)(=O)=O)CC2)CC1. The number of nitrogens with two attached hydrogens (primary N) is 1. The van der Waals surface area contributed by atoms with E-state index in [1.54, 1.807) is 33.0 Å². The van der Waals surface area contributed by atoms with E-state index in [1.807, 2.05) is 6.07 Å². The number of sulfonamides is 1. The number of piperazine rings is 1. The molecule has 1 amide bonds. The largest absolute Gasteiger partial charge is 0.494 e. The fourth-order valence-electron chi connectivity index (χ4n) is 6.33. The van der Waals surface area contributed by atoms with Crippen molar-refractivity contribution in [3.8, 4) is 5.75 Å². The molecule has 3 aromatic heterocycles. The summed E-state index contributed by atoms with van der Waals surface area (Å²) in [6.45, 7) is 6.61. The van der Waals surface area contributed by atoms with E-state index >= 15 is 0 Å². The van der Waals surface area contributed by atoms with Crippen LogP contribution in [0.1, 0.15) is 35.0 Å². The zero-order chi connectivity index (χ0) is 32.6. The predicted octanol–water partition coefficient (Wildman–Crippen LogP) is 3.89. The van der Waals surface area contributed by atoms with Crippen LogP contribution in [0.15, 0.2) is 35.8 Å². The molecule has 0 bridgehead atoms. The van der Waals surface area contributed by atoms with Crippen LogP contribution in [0.2, 0.25) is 0 Å². The van der Waals surface area contributed by atoms with Crippen molar-refractivity contribution < 1.29 is 17.9 Å². The van der Waals surface area contributed by atoms with Crippen molar-refractivity contribution >= 4 is 79.9 Å². The van der Waals surface area contributed by atoms with Gasteiger partial charge in [-0.2, -0.15) is 14.3 Å². The third-order valence-corrected chi connectivity index (χ3v) is 11.3. The maximum atomic E-state index is 11.9. The van der Waals surface area contributed by atoms with Gasteiger partial charge in [-0.15, -0.1) is 11.3 Å². The fraction of sp³-hybridized carbons (Fsp3) is 0.433. The molecule has 0 unspecified atom stereocenters. The normalized spacial score (nSPS) is 17.0. The van der Waals surface area contributed by atoms with E-state index < -0.39 is 15.9 Å². The first-order valence-electron chi connectivity index (χ1n) is 15.2. The molecule has 0 radical (unpaired) electrons. The summed E-state index contributed by atoms with van der Waals surface area (Å²) in [5.41, 5.74) is 9.79. The zero-order valence-electron chi connectivity index (χ0n) is 26.1. The van der Waals surface area contributed by atoms with Gasteiger partial charge in [0, 0.05) is 63.3 Å². The van der Waals surface area contributed by atoms with Crippen LogP contribution in [-0.2, 0) is 16.4 Å². The second kappa shape index (κ2) is 13.3. The number of rotatable bonds is 10. The number of hydrogen-bond acceptors (Lipinski definition) is 12. The van der Waals surface area contributed by atoms with Crippen molar-refractivity contribution in [3.63, 3.8) is 0 Å². The highest BCUT2D eigenvalue weighted by atomic mass is 32.2. The summed E-state index contributed by atoms with van der Waals surface area (Å²) >= 11 is 5.79. The molecule has 2 saturated heterocycles. The quantitative estimate of drug-likeness (QED) is 0.181. The molecule has 16 heteroatoms. The summed E-state index contributed by atoms with van der Waals surface area (Å²) < 4.78 is 32.9. The number of carbonyl (C=O) groups is 1. The Hall–Kier alpha value is -3.57. The lowest BCUT2D eigenvalue weighted by Gasteiger charge is -2.43. The van der Waals surface area contributed by atoms with E-state index in [0.29, 0.717) is 52.9 Å². The molecule has 4 N–H and O–H groups in total. The van der Waals surface area contributed by atoms with Gasteiger partial charge in [0.2, 0.25) is 16.0 Å². The number of piperidine rings is 1. The first kappa shape index (κ1) is 32.4. The second-order valence-electron chi connectivity index (χ2n) is 11.5. The summed E-state index contributed by atoms with van der Waals surface area (Å²) in [4.78, 5) is 26.7. The average Bonchev–Trinajstić information content (AvgIpc) is 3.67. The number of methoxy groups -OCH3 is 1. The molecular weight excluding hydrogens is 647 g/mol. The van der Waals surface area contributed by atoms with E-state index in [1.165, 1.54) is 23.2 Å². The van der Waals surface area contributed by atoms with Crippen LogP contribution in [-0.4, -0.2) is 96.1 Å². The van der Waals surface area contributed by atoms with Gasteiger partial charge in [-0.1, -0.05) is 19.7 Å². The molecule has 2 aliphatic heterocycles. The van der Waals surface area contributed by atoms with Gasteiger partial charge in [0.1, 0.15) is 16.4 Å². The lowest BCUT2D eigenvalue weighted by Crippen LogP contribution is -2.54. The number of anilines is 5. The van der Waals surface area contributed by atoms with Crippen molar-refractivity contribution in [1.82, 2.24) is 23.1 Å². The molecule has 6 rings (SSSR count). The van der Waals surface area contributed by atoms with E-state index in [4.69, 9.17) is 20.4 Å². The Morgan fingerprint density at radius 2 is 1.83 bits per heavy atom. The molecule has 2 aliphatic rings. The second-order valence-corrected chi connectivity index (χ2v) is 14.9. The first-order valence-corrected chi connectivity index (χ1v) is 18.3.